The largest absolute Gasteiger partial charge is 0.472 e. The van der Waals surface area contributed by atoms with E-state index in [0.717, 1.165) is 0 Å². The monoisotopic (exact) mass is 524 g/mol. The Bertz CT molecular complexity index is 812. The molecule has 0 aromatic rings. The highest BCUT2D eigenvalue weighted by molar-refractivity contribution is 5.24. The van der Waals surface area contributed by atoms with Gasteiger partial charge in [-0.2, -0.15) is 0 Å². The zero-order valence-corrected chi connectivity index (χ0v) is 18.9. The van der Waals surface area contributed by atoms with Crippen molar-refractivity contribution < 1.29 is 74.4 Å². The van der Waals surface area contributed by atoms with Crippen LogP contribution in [0.4, 0.5) is 0 Å². The number of aliphatic hydroxyl groups is 9. The molecule has 5 rings (SSSR count). The SMILES string of the molecule is OCC1OC(OC2C(O)C(CO)OC(OC3OC=CC4C(O)C5OC5(CO)C34)C2O)C(O)C(O)C1O. The van der Waals surface area contributed by atoms with Crippen molar-refractivity contribution >= 4 is 0 Å². The Kier molecular flexibility index (Phi) is 7.34. The van der Waals surface area contributed by atoms with Crippen molar-refractivity contribution in [3.8, 4) is 0 Å². The van der Waals surface area contributed by atoms with Gasteiger partial charge in [-0.25, -0.2) is 0 Å². The lowest BCUT2D eigenvalue weighted by Crippen LogP contribution is -2.65. The molecule has 4 heterocycles. The van der Waals surface area contributed by atoms with Crippen molar-refractivity contribution in [1.29, 1.82) is 0 Å². The third kappa shape index (κ3) is 4.07. The molecule has 0 aromatic heterocycles. The fourth-order valence-corrected chi connectivity index (χ4v) is 5.66. The minimum absolute atomic E-state index is 0.415. The summed E-state index contributed by atoms with van der Waals surface area (Å²) in [5.74, 6) is -1.15. The van der Waals surface area contributed by atoms with Crippen LogP contribution in [0.5, 0.6) is 0 Å². The highest BCUT2D eigenvalue weighted by atomic mass is 16.8. The van der Waals surface area contributed by atoms with Crippen molar-refractivity contribution in [3.05, 3.63) is 12.3 Å². The molecule has 4 aliphatic heterocycles. The Morgan fingerprint density at radius 2 is 1.33 bits per heavy atom. The smallest absolute Gasteiger partial charge is 0.208 e. The molecule has 15 heteroatoms. The molecule has 16 atom stereocenters. The van der Waals surface area contributed by atoms with E-state index in [-0.39, 0.29) is 0 Å². The molecule has 15 nitrogen and oxygen atoms in total. The molecule has 3 saturated heterocycles. The van der Waals surface area contributed by atoms with E-state index in [2.05, 4.69) is 0 Å². The second kappa shape index (κ2) is 9.94. The van der Waals surface area contributed by atoms with E-state index in [4.69, 9.17) is 28.4 Å². The summed E-state index contributed by atoms with van der Waals surface area (Å²) in [5, 5.41) is 91.4. The number of ether oxygens (including phenoxy) is 6. The molecule has 0 aromatic carbocycles. The second-order valence-corrected chi connectivity index (χ2v) is 9.72. The fourth-order valence-electron chi connectivity index (χ4n) is 5.66. The van der Waals surface area contributed by atoms with Crippen LogP contribution in [0.15, 0.2) is 12.3 Å². The van der Waals surface area contributed by atoms with E-state index < -0.39 is 117 Å². The number of rotatable bonds is 7. The first-order chi connectivity index (χ1) is 17.2. The van der Waals surface area contributed by atoms with Gasteiger partial charge in [-0.1, -0.05) is 0 Å². The first-order valence-corrected chi connectivity index (χ1v) is 11.7. The van der Waals surface area contributed by atoms with Crippen molar-refractivity contribution in [1.82, 2.24) is 0 Å². The molecule has 1 aliphatic carbocycles. The summed E-state index contributed by atoms with van der Waals surface area (Å²) >= 11 is 0. The summed E-state index contributed by atoms with van der Waals surface area (Å²) in [5.41, 5.74) is -1.11. The molecule has 5 aliphatic rings. The van der Waals surface area contributed by atoms with Gasteiger partial charge in [0.1, 0.15) is 60.5 Å². The number of hydrogen-bond donors (Lipinski definition) is 9. The van der Waals surface area contributed by atoms with Gasteiger partial charge in [0.05, 0.1) is 38.1 Å². The van der Waals surface area contributed by atoms with Crippen LogP contribution in [0.25, 0.3) is 0 Å². The second-order valence-electron chi connectivity index (χ2n) is 9.72. The number of aliphatic hydroxyl groups excluding tert-OH is 9. The quantitative estimate of drug-likeness (QED) is 0.141. The van der Waals surface area contributed by atoms with E-state index in [0.29, 0.717) is 0 Å². The van der Waals surface area contributed by atoms with Gasteiger partial charge in [-0.15, -0.1) is 0 Å². The molecular weight excluding hydrogens is 492 g/mol. The van der Waals surface area contributed by atoms with Crippen molar-refractivity contribution in [2.45, 2.75) is 85.5 Å². The molecule has 36 heavy (non-hydrogen) atoms. The highest BCUT2D eigenvalue weighted by Gasteiger charge is 2.75. The maximum absolute atomic E-state index is 11.0. The van der Waals surface area contributed by atoms with Crippen LogP contribution in [-0.2, 0) is 28.4 Å². The molecular formula is C21H32O15. The van der Waals surface area contributed by atoms with E-state index in [1.165, 1.54) is 6.26 Å². The minimum Gasteiger partial charge on any atom is -0.472 e. The van der Waals surface area contributed by atoms with E-state index in [1.807, 2.05) is 0 Å². The average molecular weight is 524 g/mol. The molecule has 0 spiro atoms. The van der Waals surface area contributed by atoms with Gasteiger partial charge in [0.2, 0.25) is 6.29 Å². The summed E-state index contributed by atoms with van der Waals surface area (Å²) in [7, 11) is 0. The summed E-state index contributed by atoms with van der Waals surface area (Å²) in [6.45, 7) is -1.85. The van der Waals surface area contributed by atoms with Gasteiger partial charge in [0.15, 0.2) is 12.6 Å². The van der Waals surface area contributed by atoms with Crippen LogP contribution in [0.2, 0.25) is 0 Å². The molecule has 9 N–H and O–H groups in total. The Hall–Kier alpha value is -1.02. The average Bonchev–Trinajstić information content (AvgIpc) is 3.57. The molecule has 0 amide bonds. The third-order valence-electron chi connectivity index (χ3n) is 7.74. The van der Waals surface area contributed by atoms with E-state index in [9.17, 15) is 46.0 Å². The van der Waals surface area contributed by atoms with Crippen molar-refractivity contribution in [2.24, 2.45) is 11.8 Å². The van der Waals surface area contributed by atoms with E-state index in [1.54, 1.807) is 6.08 Å². The Balaban J connectivity index is 1.33. The summed E-state index contributed by atoms with van der Waals surface area (Å²) in [6, 6.07) is 0. The van der Waals surface area contributed by atoms with Crippen LogP contribution in [-0.4, -0.2) is 151 Å². The molecule has 0 radical (unpaired) electrons. The normalized spacial score (nSPS) is 56.1. The van der Waals surface area contributed by atoms with E-state index >= 15 is 0 Å². The first kappa shape index (κ1) is 26.6. The predicted molar refractivity (Wildman–Crippen MR) is 109 cm³/mol. The maximum atomic E-state index is 11.0. The van der Waals surface area contributed by atoms with Gasteiger partial charge in [-0.05, 0) is 6.08 Å². The summed E-state index contributed by atoms with van der Waals surface area (Å²) < 4.78 is 33.3. The predicted octanol–water partition coefficient (Wildman–Crippen LogP) is -5.77. The summed E-state index contributed by atoms with van der Waals surface area (Å²) in [4.78, 5) is 0. The van der Waals surface area contributed by atoms with Crippen LogP contribution >= 0.6 is 0 Å². The lowest BCUT2D eigenvalue weighted by Gasteiger charge is -2.47. The Morgan fingerprint density at radius 3 is 1.97 bits per heavy atom. The summed E-state index contributed by atoms with van der Waals surface area (Å²) in [6.07, 6.45) is -15.9. The highest BCUT2D eigenvalue weighted by Crippen LogP contribution is 2.59. The topological polar surface area (TPSA) is 241 Å². The zero-order chi connectivity index (χ0) is 25.9. The van der Waals surface area contributed by atoms with Gasteiger partial charge >= 0.3 is 0 Å². The Morgan fingerprint density at radius 1 is 0.694 bits per heavy atom. The molecule has 16 unspecified atom stereocenters. The van der Waals surface area contributed by atoms with Crippen LogP contribution in [0.1, 0.15) is 0 Å². The fraction of sp³-hybridized carbons (Fsp3) is 0.905. The standard InChI is InChI=1S/C21H32O15/c22-3-7-11(26)13(28)14(29)19(32-7)34-16-12(27)8(4-23)33-20(15(16)30)35-18-9-6(1-2-31-18)10(25)17-21(9,5-24)36-17/h1-2,6-20,22-30H,3-5H2. The van der Waals surface area contributed by atoms with Crippen LogP contribution in [0.3, 0.4) is 0 Å². The van der Waals surface area contributed by atoms with Gasteiger partial charge in [-0.3, -0.25) is 0 Å². The lowest BCUT2D eigenvalue weighted by atomic mass is 9.85. The van der Waals surface area contributed by atoms with Gasteiger partial charge in [0.25, 0.3) is 0 Å². The zero-order valence-electron chi connectivity index (χ0n) is 18.9. The van der Waals surface area contributed by atoms with Crippen LogP contribution < -0.4 is 0 Å². The number of fused-ring (bicyclic) bond motifs is 3. The molecule has 4 fully saturated rings. The number of hydrogen-bond acceptors (Lipinski definition) is 15. The van der Waals surface area contributed by atoms with Crippen molar-refractivity contribution in [3.63, 3.8) is 0 Å². The van der Waals surface area contributed by atoms with Crippen LogP contribution in [0, 0.1) is 11.8 Å². The lowest BCUT2D eigenvalue weighted by molar-refractivity contribution is -0.376. The Labute approximate surface area is 204 Å². The molecule has 1 saturated carbocycles. The third-order valence-corrected chi connectivity index (χ3v) is 7.74. The first-order valence-electron chi connectivity index (χ1n) is 11.7. The minimum atomic E-state index is -1.81. The van der Waals surface area contributed by atoms with Gasteiger partial charge < -0.3 is 74.4 Å². The molecule has 206 valence electrons. The van der Waals surface area contributed by atoms with Crippen molar-refractivity contribution in [2.75, 3.05) is 19.8 Å². The maximum Gasteiger partial charge on any atom is 0.208 e. The molecule has 0 bridgehead atoms. The number of epoxide rings is 1. The van der Waals surface area contributed by atoms with Gasteiger partial charge in [0, 0.05) is 5.92 Å².